The fourth-order valence-electron chi connectivity index (χ4n) is 0.991. The van der Waals surface area contributed by atoms with Crippen molar-refractivity contribution in [3.8, 4) is 6.07 Å². The van der Waals surface area contributed by atoms with Crippen LogP contribution in [-0.4, -0.2) is 28.5 Å². The quantitative estimate of drug-likeness (QED) is 0.625. The third-order valence-corrected chi connectivity index (χ3v) is 1.95. The second kappa shape index (κ2) is 4.17. The number of rotatable bonds is 3. The molecule has 66 valence electrons. The van der Waals surface area contributed by atoms with E-state index in [2.05, 4.69) is 18.1 Å². The second-order valence-electron chi connectivity index (χ2n) is 2.59. The van der Waals surface area contributed by atoms with Crippen LogP contribution in [0.3, 0.4) is 0 Å². The number of hydrogen-bond acceptors (Lipinski definition) is 4. The molecule has 0 aromatic rings. The highest BCUT2D eigenvalue weighted by atomic mass is 35.5. The topological polar surface area (TPSA) is 42.6 Å². The summed E-state index contributed by atoms with van der Waals surface area (Å²) in [6.45, 7) is 2.88. The van der Waals surface area contributed by atoms with E-state index in [1.54, 1.807) is 5.01 Å². The molecule has 0 bridgehead atoms. The lowest BCUT2D eigenvalue weighted by molar-refractivity contribution is 0.219. The van der Waals surface area contributed by atoms with Crippen LogP contribution in [-0.2, 0) is 0 Å². The van der Waals surface area contributed by atoms with E-state index in [0.717, 1.165) is 19.4 Å². The molecule has 0 amide bonds. The van der Waals surface area contributed by atoms with E-state index in [0.29, 0.717) is 0 Å². The molecule has 0 saturated carbocycles. The summed E-state index contributed by atoms with van der Waals surface area (Å²) in [6, 6.07) is 2.07. The normalized spacial score (nSPS) is 21.6. The molecule has 4 nitrogen and oxygen atoms in total. The van der Waals surface area contributed by atoms with Gasteiger partial charge in [0.15, 0.2) is 0 Å². The Kier molecular flexibility index (Phi) is 3.18. The van der Waals surface area contributed by atoms with Gasteiger partial charge in [0.2, 0.25) is 6.17 Å². The largest absolute Gasteiger partial charge is 0.258 e. The third kappa shape index (κ3) is 1.80. The van der Waals surface area contributed by atoms with Crippen LogP contribution in [0.4, 0.5) is 0 Å². The summed E-state index contributed by atoms with van der Waals surface area (Å²) in [6.07, 6.45) is 3.15. The van der Waals surface area contributed by atoms with Crippen LogP contribution >= 0.6 is 11.8 Å². The molecule has 0 saturated heterocycles. The summed E-state index contributed by atoms with van der Waals surface area (Å²) < 4.78 is 1.29. The lowest BCUT2D eigenvalue weighted by Crippen LogP contribution is -2.33. The number of halogens is 1. The van der Waals surface area contributed by atoms with Crippen molar-refractivity contribution in [2.45, 2.75) is 25.9 Å². The van der Waals surface area contributed by atoms with Crippen molar-refractivity contribution >= 4 is 18.1 Å². The van der Waals surface area contributed by atoms with Crippen molar-refractivity contribution in [3.05, 3.63) is 0 Å². The van der Waals surface area contributed by atoms with Crippen LogP contribution in [0.2, 0.25) is 0 Å². The van der Waals surface area contributed by atoms with Crippen LogP contribution in [0, 0.1) is 11.3 Å². The molecule has 1 rings (SSSR count). The maximum Gasteiger partial charge on any atom is 0.221 e. The van der Waals surface area contributed by atoms with Crippen molar-refractivity contribution in [2.75, 3.05) is 6.54 Å². The van der Waals surface area contributed by atoms with Crippen molar-refractivity contribution in [3.63, 3.8) is 0 Å². The Morgan fingerprint density at radius 3 is 3.08 bits per heavy atom. The van der Waals surface area contributed by atoms with Crippen LogP contribution in [0.25, 0.3) is 0 Å². The zero-order chi connectivity index (χ0) is 8.97. The Labute approximate surface area is 77.1 Å². The summed E-state index contributed by atoms with van der Waals surface area (Å²) in [5.41, 5.74) is 0. The third-order valence-electron chi connectivity index (χ3n) is 1.68. The lowest BCUT2D eigenvalue weighted by atomic mass is 10.3. The molecular weight excluding hydrogens is 176 g/mol. The molecule has 5 heteroatoms. The van der Waals surface area contributed by atoms with E-state index in [9.17, 15) is 0 Å². The monoisotopic (exact) mass is 186 g/mol. The Hall–Kier alpha value is -0.950. The molecule has 1 aliphatic heterocycles. The van der Waals surface area contributed by atoms with E-state index in [4.69, 9.17) is 17.0 Å². The first-order valence-electron chi connectivity index (χ1n) is 3.94. The molecule has 0 fully saturated rings. The van der Waals surface area contributed by atoms with Gasteiger partial charge in [-0.15, -0.1) is 0 Å². The van der Waals surface area contributed by atoms with Gasteiger partial charge < -0.3 is 0 Å². The van der Waals surface area contributed by atoms with Gasteiger partial charge in [-0.05, 0) is 6.42 Å². The van der Waals surface area contributed by atoms with E-state index in [-0.39, 0.29) is 0 Å². The molecule has 0 aliphatic carbocycles. The van der Waals surface area contributed by atoms with E-state index in [1.165, 1.54) is 10.8 Å². The summed E-state index contributed by atoms with van der Waals surface area (Å²) in [7, 11) is 0. The molecular formula is C7H11ClN4. The first-order valence-corrected chi connectivity index (χ1v) is 4.28. The van der Waals surface area contributed by atoms with Crippen LogP contribution in [0.1, 0.15) is 19.8 Å². The Morgan fingerprint density at radius 2 is 2.50 bits per heavy atom. The Balaban J connectivity index is 2.45. The first kappa shape index (κ1) is 9.14. The van der Waals surface area contributed by atoms with E-state index < -0.39 is 6.17 Å². The van der Waals surface area contributed by atoms with Gasteiger partial charge in [-0.25, -0.2) is 4.42 Å². The predicted octanol–water partition coefficient (Wildman–Crippen LogP) is 1.35. The highest BCUT2D eigenvalue weighted by molar-refractivity contribution is 6.19. The Bertz CT molecular complexity index is 210. The molecule has 1 aliphatic rings. The van der Waals surface area contributed by atoms with Crippen molar-refractivity contribution in [1.82, 2.24) is 9.43 Å². The summed E-state index contributed by atoms with van der Waals surface area (Å²) in [5.74, 6) is 0. The fraction of sp³-hybridized carbons (Fsp3) is 0.714. The molecule has 12 heavy (non-hydrogen) atoms. The van der Waals surface area contributed by atoms with E-state index in [1.807, 2.05) is 0 Å². The molecule has 0 N–H and O–H groups in total. The highest BCUT2D eigenvalue weighted by Gasteiger charge is 2.25. The standard InChI is InChI=1S/C7H11ClN4/c1-2-3-4-12-7(5-9)11(8)6-10-12/h6-7H,2-4H2,1H3. The van der Waals surface area contributed by atoms with Gasteiger partial charge in [0.05, 0.1) is 0 Å². The lowest BCUT2D eigenvalue weighted by Gasteiger charge is -2.19. The maximum atomic E-state index is 8.71. The molecule has 1 heterocycles. The van der Waals surface area contributed by atoms with Gasteiger partial charge in [0.1, 0.15) is 12.4 Å². The van der Waals surface area contributed by atoms with Gasteiger partial charge in [0, 0.05) is 18.3 Å². The average Bonchev–Trinajstić information content (AvgIpc) is 2.43. The molecule has 1 atom stereocenters. The first-order chi connectivity index (χ1) is 5.79. The zero-order valence-corrected chi connectivity index (χ0v) is 7.70. The number of nitrogens with zero attached hydrogens (tertiary/aromatic N) is 4. The molecule has 0 aromatic carbocycles. The molecule has 0 aromatic heterocycles. The minimum absolute atomic E-state index is 0.432. The van der Waals surface area contributed by atoms with E-state index >= 15 is 0 Å². The van der Waals surface area contributed by atoms with Gasteiger partial charge in [-0.2, -0.15) is 10.4 Å². The number of nitriles is 1. The molecule has 1 unspecified atom stereocenters. The smallest absolute Gasteiger partial charge is 0.221 e. The number of unbranched alkanes of at least 4 members (excludes halogenated alkanes) is 1. The van der Waals surface area contributed by atoms with Crippen LogP contribution in [0.15, 0.2) is 5.10 Å². The number of hydrazone groups is 1. The average molecular weight is 187 g/mol. The van der Waals surface area contributed by atoms with Gasteiger partial charge in [-0.3, -0.25) is 5.01 Å². The minimum atomic E-state index is -0.432. The SMILES string of the molecule is CCCCN1N=CN(Cl)C1C#N. The minimum Gasteiger partial charge on any atom is -0.258 e. The summed E-state index contributed by atoms with van der Waals surface area (Å²) >= 11 is 5.67. The van der Waals surface area contributed by atoms with Crippen molar-refractivity contribution in [1.29, 1.82) is 5.26 Å². The summed E-state index contributed by atoms with van der Waals surface area (Å²) in [4.78, 5) is 0. The van der Waals surface area contributed by atoms with Crippen LogP contribution < -0.4 is 0 Å². The number of hydrogen-bond donors (Lipinski definition) is 0. The fourth-order valence-corrected chi connectivity index (χ4v) is 1.17. The Morgan fingerprint density at radius 1 is 1.75 bits per heavy atom. The second-order valence-corrected chi connectivity index (χ2v) is 2.98. The predicted molar refractivity (Wildman–Crippen MR) is 47.2 cm³/mol. The van der Waals surface area contributed by atoms with Crippen molar-refractivity contribution < 1.29 is 0 Å². The van der Waals surface area contributed by atoms with Gasteiger partial charge in [-0.1, -0.05) is 13.3 Å². The summed E-state index contributed by atoms with van der Waals surface area (Å²) in [5, 5.41) is 14.4. The van der Waals surface area contributed by atoms with Gasteiger partial charge >= 0.3 is 0 Å². The van der Waals surface area contributed by atoms with Crippen LogP contribution in [0.5, 0.6) is 0 Å². The highest BCUT2D eigenvalue weighted by Crippen LogP contribution is 2.14. The van der Waals surface area contributed by atoms with Crippen molar-refractivity contribution in [2.24, 2.45) is 5.10 Å². The maximum absolute atomic E-state index is 8.71. The molecule has 0 spiro atoms. The zero-order valence-electron chi connectivity index (χ0n) is 6.94. The van der Waals surface area contributed by atoms with Gasteiger partial charge in [0.25, 0.3) is 0 Å². The molecule has 0 radical (unpaired) electrons.